The quantitative estimate of drug-likeness (QED) is 0.184. The molecule has 0 bridgehead atoms. The van der Waals surface area contributed by atoms with Crippen LogP contribution in [-0.2, 0) is 8.85 Å². The Morgan fingerprint density at radius 2 is 1.45 bits per heavy atom. The molecule has 7 atom stereocenters. The molecule has 0 aliphatic heterocycles. The second kappa shape index (κ2) is 13.8. The van der Waals surface area contributed by atoms with Crippen LogP contribution in [-0.4, -0.2) is 28.8 Å². The third kappa shape index (κ3) is 8.42. The predicted octanol–water partition coefficient (Wildman–Crippen LogP) is 12.7. The Morgan fingerprint density at radius 1 is 0.864 bits per heavy atom. The number of fused-ring (bicyclic) bond motifs is 1. The molecule has 3 fully saturated rings. The number of hydrogen-bond acceptors (Lipinski definition) is 2. The summed E-state index contributed by atoms with van der Waals surface area (Å²) >= 11 is 0. The van der Waals surface area contributed by atoms with Crippen molar-refractivity contribution in [1.82, 2.24) is 0 Å². The summed E-state index contributed by atoms with van der Waals surface area (Å²) in [5, 5.41) is 0.352. The van der Waals surface area contributed by atoms with E-state index in [1.165, 1.54) is 43.3 Å². The third-order valence-electron chi connectivity index (χ3n) is 13.2. The van der Waals surface area contributed by atoms with Gasteiger partial charge in [-0.05, 0) is 121 Å². The molecule has 0 aromatic carbocycles. The normalized spacial score (nSPS) is 32.6. The minimum absolute atomic E-state index is 0.0393. The molecule has 4 heteroatoms. The van der Waals surface area contributed by atoms with E-state index >= 15 is 0 Å². The van der Waals surface area contributed by atoms with Gasteiger partial charge >= 0.3 is 0 Å². The zero-order valence-corrected chi connectivity index (χ0v) is 33.8. The van der Waals surface area contributed by atoms with Gasteiger partial charge in [-0.15, -0.1) is 0 Å². The van der Waals surface area contributed by atoms with Crippen LogP contribution in [0.4, 0.5) is 0 Å². The topological polar surface area (TPSA) is 18.5 Å². The first-order chi connectivity index (χ1) is 20.0. The van der Waals surface area contributed by atoms with Crippen LogP contribution in [0.2, 0.25) is 36.3 Å². The van der Waals surface area contributed by atoms with Gasteiger partial charge in [0, 0.05) is 6.42 Å². The van der Waals surface area contributed by atoms with Gasteiger partial charge in [0.15, 0.2) is 16.6 Å². The van der Waals surface area contributed by atoms with Crippen molar-refractivity contribution in [2.24, 2.45) is 35.0 Å². The average Bonchev–Trinajstić information content (AvgIpc) is 3.23. The summed E-state index contributed by atoms with van der Waals surface area (Å²) in [4.78, 5) is 0. The molecule has 2 nitrogen and oxygen atoms in total. The Bertz CT molecular complexity index is 1100. The van der Waals surface area contributed by atoms with E-state index in [9.17, 15) is 0 Å². The van der Waals surface area contributed by atoms with Crippen molar-refractivity contribution in [2.45, 2.75) is 170 Å². The summed E-state index contributed by atoms with van der Waals surface area (Å²) in [6.07, 6.45) is 18.8. The van der Waals surface area contributed by atoms with Gasteiger partial charge < -0.3 is 8.85 Å². The zero-order valence-electron chi connectivity index (χ0n) is 31.8. The molecule has 0 saturated heterocycles. The van der Waals surface area contributed by atoms with E-state index in [4.69, 9.17) is 15.4 Å². The van der Waals surface area contributed by atoms with Crippen LogP contribution < -0.4 is 0 Å². The summed E-state index contributed by atoms with van der Waals surface area (Å²) in [6.45, 7) is 40.5. The van der Waals surface area contributed by atoms with Crippen LogP contribution in [0.3, 0.4) is 0 Å². The minimum atomic E-state index is -1.96. The Hall–Kier alpha value is -0.686. The van der Waals surface area contributed by atoms with Gasteiger partial charge in [0.1, 0.15) is 0 Å². The third-order valence-corrected chi connectivity index (χ3v) is 22.2. The SMILES string of the molecule is C=C1/C(=C\C=C2/CCC[C@]3(C)[C@@H]([C@H](C)/C=C/[C@H](C)C(C)C)CC[C@@H]23)C[C@@H](O[Si](C)(C)C(C)(C)C)C[C@@H]1O[Si](C)(C)C(C)(C)C. The molecule has 252 valence electrons. The summed E-state index contributed by atoms with van der Waals surface area (Å²) in [5.41, 5.74) is 4.64. The molecule has 3 rings (SSSR count). The van der Waals surface area contributed by atoms with E-state index in [0.29, 0.717) is 29.1 Å². The van der Waals surface area contributed by atoms with Crippen LogP contribution in [0.15, 0.2) is 47.6 Å². The minimum Gasteiger partial charge on any atom is -0.413 e. The van der Waals surface area contributed by atoms with E-state index in [1.807, 2.05) is 0 Å². The molecular weight excluding hydrogens is 569 g/mol. The lowest BCUT2D eigenvalue weighted by atomic mass is 9.61. The maximum absolute atomic E-state index is 7.09. The van der Waals surface area contributed by atoms with Crippen LogP contribution in [0, 0.1) is 35.0 Å². The highest BCUT2D eigenvalue weighted by Crippen LogP contribution is 2.59. The van der Waals surface area contributed by atoms with Crippen LogP contribution in [0.1, 0.15) is 121 Å². The molecule has 0 radical (unpaired) electrons. The number of hydrogen-bond donors (Lipinski definition) is 0. The summed E-state index contributed by atoms with van der Waals surface area (Å²) in [6, 6.07) is 0. The number of allylic oxidation sites excluding steroid dienone is 5. The van der Waals surface area contributed by atoms with E-state index < -0.39 is 16.6 Å². The van der Waals surface area contributed by atoms with Gasteiger partial charge in [-0.1, -0.05) is 113 Å². The zero-order chi connectivity index (χ0) is 33.5. The fourth-order valence-electron chi connectivity index (χ4n) is 7.62. The molecule has 0 unspecified atom stereocenters. The summed E-state index contributed by atoms with van der Waals surface area (Å²) < 4.78 is 14.2. The molecule has 3 saturated carbocycles. The van der Waals surface area contributed by atoms with Crippen molar-refractivity contribution in [3.63, 3.8) is 0 Å². The summed E-state index contributed by atoms with van der Waals surface area (Å²) in [5.74, 6) is 3.47. The van der Waals surface area contributed by atoms with Crippen molar-refractivity contribution in [3.05, 3.63) is 47.6 Å². The molecule has 0 amide bonds. The lowest BCUT2D eigenvalue weighted by molar-refractivity contribution is 0.0969. The second-order valence-corrected chi connectivity index (χ2v) is 28.2. The highest BCUT2D eigenvalue weighted by Gasteiger charge is 2.50. The molecule has 44 heavy (non-hydrogen) atoms. The smallest absolute Gasteiger partial charge is 0.192 e. The predicted molar refractivity (Wildman–Crippen MR) is 199 cm³/mol. The largest absolute Gasteiger partial charge is 0.413 e. The Labute approximate surface area is 276 Å². The standard InChI is InChI=1S/C40H72O2Si2/c1-28(2)29(3)19-20-30(4)35-23-24-36-32(18-17-25-40(35,36)12)21-22-33-26-34(41-43(13,14)38(6,7)8)27-37(31(33)5)42-44(15,16)39(9,10)11/h19-22,28-30,34-37H,5,17-18,23-27H2,1-4,6-16H3/b20-19+,32-21+,33-22-/t29-,30+,34+,35+,36-,37-,40+/m0/s1. The molecule has 3 aliphatic rings. The van der Waals surface area contributed by atoms with Crippen molar-refractivity contribution >= 4 is 16.6 Å². The Balaban J connectivity index is 1.90. The van der Waals surface area contributed by atoms with Crippen molar-refractivity contribution in [3.8, 4) is 0 Å². The fraction of sp³-hybridized carbons (Fsp3) is 0.800. The Kier molecular flexibility index (Phi) is 11.9. The fourth-order valence-corrected chi connectivity index (χ4v) is 10.3. The van der Waals surface area contributed by atoms with E-state index in [2.05, 4.69) is 127 Å². The Morgan fingerprint density at radius 3 is 2.02 bits per heavy atom. The number of rotatable bonds is 9. The van der Waals surface area contributed by atoms with Gasteiger partial charge in [-0.25, -0.2) is 0 Å². The van der Waals surface area contributed by atoms with Crippen LogP contribution >= 0.6 is 0 Å². The second-order valence-electron chi connectivity index (χ2n) is 18.7. The van der Waals surface area contributed by atoms with Gasteiger partial charge in [0.25, 0.3) is 0 Å². The maximum Gasteiger partial charge on any atom is 0.192 e. The molecule has 3 aliphatic carbocycles. The first kappa shape index (κ1) is 37.8. The lowest BCUT2D eigenvalue weighted by Crippen LogP contribution is -2.49. The molecule has 0 aromatic rings. The van der Waals surface area contributed by atoms with Gasteiger partial charge in [0.2, 0.25) is 0 Å². The van der Waals surface area contributed by atoms with Crippen LogP contribution in [0.5, 0.6) is 0 Å². The van der Waals surface area contributed by atoms with E-state index in [-0.39, 0.29) is 22.3 Å². The highest BCUT2D eigenvalue weighted by molar-refractivity contribution is 6.74. The average molecular weight is 641 g/mol. The van der Waals surface area contributed by atoms with E-state index in [0.717, 1.165) is 18.8 Å². The molecule has 0 heterocycles. The first-order valence-corrected chi connectivity index (χ1v) is 23.9. The van der Waals surface area contributed by atoms with Crippen LogP contribution in [0.25, 0.3) is 0 Å². The highest BCUT2D eigenvalue weighted by atomic mass is 28.4. The van der Waals surface area contributed by atoms with Crippen molar-refractivity contribution in [2.75, 3.05) is 0 Å². The molecule has 0 spiro atoms. The maximum atomic E-state index is 7.09. The van der Waals surface area contributed by atoms with E-state index in [1.54, 1.807) is 5.57 Å². The van der Waals surface area contributed by atoms with Gasteiger partial charge in [0.05, 0.1) is 12.2 Å². The molecule has 0 aromatic heterocycles. The van der Waals surface area contributed by atoms with Crippen molar-refractivity contribution in [1.29, 1.82) is 0 Å². The van der Waals surface area contributed by atoms with Gasteiger partial charge in [-0.2, -0.15) is 0 Å². The lowest BCUT2D eigenvalue weighted by Gasteiger charge is -2.45. The molecular formula is C40H72O2Si2. The monoisotopic (exact) mass is 641 g/mol. The first-order valence-electron chi connectivity index (χ1n) is 18.1. The van der Waals surface area contributed by atoms with Crippen molar-refractivity contribution < 1.29 is 8.85 Å². The van der Waals surface area contributed by atoms with Gasteiger partial charge in [-0.3, -0.25) is 0 Å². The molecule has 0 N–H and O–H groups in total. The summed E-state index contributed by atoms with van der Waals surface area (Å²) in [7, 11) is -3.88.